The predicted octanol–water partition coefficient (Wildman–Crippen LogP) is 0.828. The fourth-order valence-corrected chi connectivity index (χ4v) is 4.14. The molecule has 7 heteroatoms. The number of benzene rings is 2. The summed E-state index contributed by atoms with van der Waals surface area (Å²) in [5.74, 6) is 0.718. The van der Waals surface area contributed by atoms with Gasteiger partial charge in [0.25, 0.3) is 5.91 Å². The van der Waals surface area contributed by atoms with Crippen LogP contribution in [0.5, 0.6) is 11.5 Å². The van der Waals surface area contributed by atoms with Crippen molar-refractivity contribution in [3.63, 3.8) is 0 Å². The fourth-order valence-electron chi connectivity index (χ4n) is 4.14. The maximum atomic E-state index is 13.0. The van der Waals surface area contributed by atoms with Crippen LogP contribution in [-0.2, 0) is 9.59 Å². The number of nitrogens with zero attached hydrogens (tertiary/aromatic N) is 2. The first kappa shape index (κ1) is 19.3. The van der Waals surface area contributed by atoms with Gasteiger partial charge < -0.3 is 19.6 Å². The van der Waals surface area contributed by atoms with Gasteiger partial charge in [-0.05, 0) is 55.5 Å². The van der Waals surface area contributed by atoms with Crippen LogP contribution in [0.2, 0.25) is 0 Å². The van der Waals surface area contributed by atoms with E-state index in [0.717, 1.165) is 42.5 Å². The van der Waals surface area contributed by atoms with E-state index < -0.39 is 0 Å². The lowest BCUT2D eigenvalue weighted by molar-refractivity contribution is -0.915. The minimum atomic E-state index is -0.323. The van der Waals surface area contributed by atoms with E-state index in [1.54, 1.807) is 36.4 Å². The number of hydrogen-bond donors (Lipinski definition) is 2. The zero-order valence-electron chi connectivity index (χ0n) is 16.5. The van der Waals surface area contributed by atoms with Gasteiger partial charge in [-0.15, -0.1) is 0 Å². The number of ether oxygens (including phenoxy) is 1. The lowest BCUT2D eigenvalue weighted by atomic mass is 10.1. The Bertz CT molecular complexity index is 874. The van der Waals surface area contributed by atoms with E-state index in [2.05, 4.69) is 4.90 Å². The molecule has 0 bridgehead atoms. The first-order valence-electron chi connectivity index (χ1n) is 10.0. The summed E-state index contributed by atoms with van der Waals surface area (Å²) in [4.78, 5) is 30.3. The van der Waals surface area contributed by atoms with Crippen LogP contribution < -0.4 is 19.4 Å². The van der Waals surface area contributed by atoms with Crippen LogP contribution in [0, 0.1) is 0 Å². The number of phenols is 1. The number of rotatable bonds is 5. The third-order valence-electron chi connectivity index (χ3n) is 5.67. The predicted molar refractivity (Wildman–Crippen MR) is 110 cm³/mol. The van der Waals surface area contributed by atoms with Gasteiger partial charge in [0.05, 0.1) is 44.9 Å². The molecule has 2 aliphatic rings. The molecule has 2 aromatic carbocycles. The minimum absolute atomic E-state index is 0.118. The normalized spacial score (nSPS) is 20.4. The highest BCUT2D eigenvalue weighted by atomic mass is 16.5. The number of anilines is 2. The Morgan fingerprint density at radius 2 is 1.62 bits per heavy atom. The van der Waals surface area contributed by atoms with Crippen LogP contribution in [0.25, 0.3) is 0 Å². The number of quaternary nitrogens is 1. The lowest BCUT2D eigenvalue weighted by Gasteiger charge is -2.35. The molecule has 2 saturated heterocycles. The summed E-state index contributed by atoms with van der Waals surface area (Å²) in [5.41, 5.74) is 1.67. The number of nitrogens with one attached hydrogen (secondary N) is 1. The smallest absolute Gasteiger partial charge is 0.292 e. The lowest BCUT2D eigenvalue weighted by Crippen LogP contribution is -3.19. The van der Waals surface area contributed by atoms with Crippen molar-refractivity contribution in [1.82, 2.24) is 0 Å². The molecule has 0 spiro atoms. The highest BCUT2D eigenvalue weighted by Gasteiger charge is 2.46. The highest BCUT2D eigenvalue weighted by Crippen LogP contribution is 2.25. The number of phenolic OH excluding ortho intramolecular Hbond substituents is 1. The van der Waals surface area contributed by atoms with Gasteiger partial charge in [-0.3, -0.25) is 9.59 Å². The number of hydrogen-bond acceptors (Lipinski definition) is 5. The summed E-state index contributed by atoms with van der Waals surface area (Å²) < 4.78 is 5.44. The largest absolute Gasteiger partial charge is 0.508 e. The van der Waals surface area contributed by atoms with E-state index in [0.29, 0.717) is 12.3 Å². The van der Waals surface area contributed by atoms with Crippen LogP contribution in [0.4, 0.5) is 11.4 Å². The summed E-state index contributed by atoms with van der Waals surface area (Å²) in [6.45, 7) is 5.68. The molecule has 4 rings (SSSR count). The Labute approximate surface area is 170 Å². The van der Waals surface area contributed by atoms with Gasteiger partial charge in [0.1, 0.15) is 11.5 Å². The number of amides is 2. The van der Waals surface area contributed by atoms with Gasteiger partial charge in [0, 0.05) is 5.69 Å². The zero-order valence-corrected chi connectivity index (χ0v) is 16.5. The van der Waals surface area contributed by atoms with Gasteiger partial charge in [-0.25, -0.2) is 4.90 Å². The van der Waals surface area contributed by atoms with Crippen LogP contribution in [0.15, 0.2) is 48.5 Å². The molecule has 7 nitrogen and oxygen atoms in total. The van der Waals surface area contributed by atoms with Gasteiger partial charge in [0.15, 0.2) is 6.04 Å². The van der Waals surface area contributed by atoms with E-state index >= 15 is 0 Å². The second-order valence-corrected chi connectivity index (χ2v) is 7.41. The molecule has 2 aliphatic heterocycles. The summed E-state index contributed by atoms with van der Waals surface area (Å²) in [7, 11) is 0. The van der Waals surface area contributed by atoms with Crippen molar-refractivity contribution in [3.8, 4) is 11.5 Å². The van der Waals surface area contributed by atoms with E-state index in [1.165, 1.54) is 4.90 Å². The van der Waals surface area contributed by atoms with Crippen molar-refractivity contribution in [2.45, 2.75) is 19.4 Å². The van der Waals surface area contributed by atoms with Crippen molar-refractivity contribution in [1.29, 1.82) is 0 Å². The molecular weight excluding hydrogens is 370 g/mol. The van der Waals surface area contributed by atoms with Gasteiger partial charge in [-0.1, -0.05) is 0 Å². The first-order chi connectivity index (χ1) is 14.1. The van der Waals surface area contributed by atoms with E-state index in [-0.39, 0.29) is 30.0 Å². The third-order valence-corrected chi connectivity index (χ3v) is 5.67. The second kappa shape index (κ2) is 8.13. The summed E-state index contributed by atoms with van der Waals surface area (Å²) in [6, 6.07) is 14.0. The molecule has 29 heavy (non-hydrogen) atoms. The maximum absolute atomic E-state index is 13.0. The summed E-state index contributed by atoms with van der Waals surface area (Å²) in [5, 5.41) is 9.45. The van der Waals surface area contributed by atoms with Gasteiger partial charge in [0.2, 0.25) is 5.91 Å². The quantitative estimate of drug-likeness (QED) is 0.733. The van der Waals surface area contributed by atoms with Crippen molar-refractivity contribution in [2.75, 3.05) is 42.6 Å². The highest BCUT2D eigenvalue weighted by molar-refractivity contribution is 6.21. The number of piperazine rings is 1. The average Bonchev–Trinajstić information content (AvgIpc) is 3.04. The topological polar surface area (TPSA) is 74.5 Å². The minimum Gasteiger partial charge on any atom is -0.508 e. The molecule has 0 unspecified atom stereocenters. The Kier molecular flexibility index (Phi) is 5.40. The SMILES string of the molecule is CCOc1ccc(N2C(=O)C[C@H]([NH+]3CCN(c4ccc(O)cc4)CC3)C2=O)cc1. The van der Waals surface area contributed by atoms with Crippen molar-refractivity contribution in [3.05, 3.63) is 48.5 Å². The molecule has 2 fully saturated rings. The number of carbonyl (C=O) groups is 2. The van der Waals surface area contributed by atoms with Crippen molar-refractivity contribution in [2.24, 2.45) is 0 Å². The zero-order chi connectivity index (χ0) is 20.4. The molecule has 0 aromatic heterocycles. The number of aromatic hydroxyl groups is 1. The summed E-state index contributed by atoms with van der Waals surface area (Å²) >= 11 is 0. The Hall–Kier alpha value is -3.06. The molecule has 2 aromatic rings. The molecular formula is C22H26N3O4+. The number of imide groups is 1. The molecule has 2 N–H and O–H groups in total. The van der Waals surface area contributed by atoms with E-state index in [9.17, 15) is 14.7 Å². The first-order valence-corrected chi connectivity index (χ1v) is 10.0. The number of carbonyl (C=O) groups excluding carboxylic acids is 2. The fraction of sp³-hybridized carbons (Fsp3) is 0.364. The molecule has 2 amide bonds. The Balaban J connectivity index is 1.40. The van der Waals surface area contributed by atoms with Crippen molar-refractivity contribution >= 4 is 23.2 Å². The maximum Gasteiger partial charge on any atom is 0.292 e. The second-order valence-electron chi connectivity index (χ2n) is 7.41. The molecule has 0 aliphatic carbocycles. The van der Waals surface area contributed by atoms with Crippen LogP contribution in [0.3, 0.4) is 0 Å². The third kappa shape index (κ3) is 3.91. The monoisotopic (exact) mass is 396 g/mol. The van der Waals surface area contributed by atoms with E-state index in [1.807, 2.05) is 19.1 Å². The molecule has 1 atom stereocenters. The summed E-state index contributed by atoms with van der Waals surface area (Å²) in [6.07, 6.45) is 0.251. The van der Waals surface area contributed by atoms with Crippen LogP contribution in [0.1, 0.15) is 13.3 Å². The van der Waals surface area contributed by atoms with Crippen LogP contribution >= 0.6 is 0 Å². The van der Waals surface area contributed by atoms with E-state index in [4.69, 9.17) is 4.74 Å². The van der Waals surface area contributed by atoms with Crippen LogP contribution in [-0.4, -0.2) is 55.7 Å². The van der Waals surface area contributed by atoms with Crippen molar-refractivity contribution < 1.29 is 24.3 Å². The molecule has 0 saturated carbocycles. The molecule has 152 valence electrons. The average molecular weight is 396 g/mol. The standard InChI is InChI=1S/C22H25N3O4/c1-2-29-19-9-5-17(6-10-19)25-21(27)15-20(22(25)28)24-13-11-23(12-14-24)16-3-7-18(26)8-4-16/h3-10,20,26H,2,11-15H2,1H3/p+1/t20-/m0/s1. The van der Waals surface area contributed by atoms with Gasteiger partial charge in [-0.2, -0.15) is 0 Å². The Morgan fingerprint density at radius 1 is 1.00 bits per heavy atom. The molecule has 0 radical (unpaired) electrons. The molecule has 2 heterocycles. The van der Waals surface area contributed by atoms with Gasteiger partial charge >= 0.3 is 0 Å². The Morgan fingerprint density at radius 3 is 2.24 bits per heavy atom.